The fraction of sp³-hybridized carbons (Fsp3) is 0. The molecule has 0 fully saturated rings. The summed E-state index contributed by atoms with van der Waals surface area (Å²) in [5.41, 5.74) is 5.78. The van der Waals surface area contributed by atoms with Gasteiger partial charge in [-0.1, -0.05) is 88.8 Å². The quantitative estimate of drug-likeness (QED) is 0.263. The molecule has 31 heavy (non-hydrogen) atoms. The number of aromatic amines is 2. The Hall–Kier alpha value is -3.28. The molecule has 0 unspecified atom stereocenters. The maximum absolute atomic E-state index is 13.4. The van der Waals surface area contributed by atoms with E-state index in [1.165, 1.54) is 0 Å². The monoisotopic (exact) mass is 484 g/mol. The minimum absolute atomic E-state index is 0.145. The maximum atomic E-state index is 13.4. The number of rotatable bonds is 3. The standard InChI is InChI=1S/C26H17BrN2OS/c27-19-11-12-21-20(15-19)24(17-9-5-2-6-10-17)25(26(30)29-21)18-13-22(28-23(31)14-18)16-7-3-1-4-8-16/h1-15H,(H,28,31)(H,29,30). The number of benzene rings is 3. The summed E-state index contributed by atoms with van der Waals surface area (Å²) in [5.74, 6) is 0. The zero-order valence-corrected chi connectivity index (χ0v) is 18.8. The number of H-pyrrole nitrogens is 2. The van der Waals surface area contributed by atoms with E-state index in [2.05, 4.69) is 25.9 Å². The first-order valence-electron chi connectivity index (χ1n) is 9.81. The molecule has 0 spiro atoms. The first-order valence-corrected chi connectivity index (χ1v) is 11.0. The Morgan fingerprint density at radius 3 is 2.06 bits per heavy atom. The lowest BCUT2D eigenvalue weighted by molar-refractivity contribution is 1.27. The van der Waals surface area contributed by atoms with Gasteiger partial charge in [0, 0.05) is 26.6 Å². The highest BCUT2D eigenvalue weighted by atomic mass is 79.9. The molecule has 0 aliphatic rings. The third-order valence-corrected chi connectivity index (χ3v) is 5.97. The van der Waals surface area contributed by atoms with Crippen LogP contribution in [0, 0.1) is 4.64 Å². The van der Waals surface area contributed by atoms with Crippen LogP contribution in [0.3, 0.4) is 0 Å². The molecule has 150 valence electrons. The van der Waals surface area contributed by atoms with Crippen molar-refractivity contribution < 1.29 is 0 Å². The van der Waals surface area contributed by atoms with Crippen LogP contribution < -0.4 is 5.56 Å². The van der Waals surface area contributed by atoms with Crippen molar-refractivity contribution in [3.63, 3.8) is 0 Å². The van der Waals surface area contributed by atoms with Crippen molar-refractivity contribution in [3.8, 4) is 33.5 Å². The van der Waals surface area contributed by atoms with Crippen LogP contribution in [0.15, 0.2) is 100 Å². The summed E-state index contributed by atoms with van der Waals surface area (Å²) >= 11 is 9.11. The lowest BCUT2D eigenvalue weighted by atomic mass is 9.92. The van der Waals surface area contributed by atoms with Gasteiger partial charge in [-0.25, -0.2) is 0 Å². The average Bonchev–Trinajstić information content (AvgIpc) is 2.79. The Morgan fingerprint density at radius 1 is 0.677 bits per heavy atom. The van der Waals surface area contributed by atoms with E-state index in [0.717, 1.165) is 43.3 Å². The van der Waals surface area contributed by atoms with Crippen LogP contribution in [-0.2, 0) is 0 Å². The second-order valence-electron chi connectivity index (χ2n) is 7.27. The predicted molar refractivity (Wildman–Crippen MR) is 134 cm³/mol. The van der Waals surface area contributed by atoms with E-state index in [0.29, 0.717) is 10.2 Å². The van der Waals surface area contributed by atoms with E-state index < -0.39 is 0 Å². The largest absolute Gasteiger partial charge is 0.346 e. The van der Waals surface area contributed by atoms with Crippen LogP contribution in [0.2, 0.25) is 0 Å². The molecule has 2 heterocycles. The smallest absolute Gasteiger partial charge is 0.256 e. The molecule has 0 aliphatic carbocycles. The topological polar surface area (TPSA) is 48.6 Å². The summed E-state index contributed by atoms with van der Waals surface area (Å²) in [6.45, 7) is 0. The number of aromatic nitrogens is 2. The van der Waals surface area contributed by atoms with Gasteiger partial charge in [-0.2, -0.15) is 0 Å². The van der Waals surface area contributed by atoms with Gasteiger partial charge in [-0.05, 0) is 47.0 Å². The molecular formula is C26H17BrN2OS. The highest BCUT2D eigenvalue weighted by molar-refractivity contribution is 9.10. The van der Waals surface area contributed by atoms with Gasteiger partial charge >= 0.3 is 0 Å². The lowest BCUT2D eigenvalue weighted by Gasteiger charge is -2.14. The molecule has 0 radical (unpaired) electrons. The van der Waals surface area contributed by atoms with E-state index in [9.17, 15) is 4.79 Å². The normalized spacial score (nSPS) is 11.0. The Bertz CT molecular complexity index is 1520. The predicted octanol–water partition coefficient (Wildman–Crippen LogP) is 7.35. The van der Waals surface area contributed by atoms with Gasteiger partial charge in [0.05, 0.1) is 5.56 Å². The highest BCUT2D eigenvalue weighted by Gasteiger charge is 2.17. The molecule has 3 aromatic carbocycles. The number of pyridine rings is 2. The van der Waals surface area contributed by atoms with Crippen molar-refractivity contribution in [2.75, 3.05) is 0 Å². The van der Waals surface area contributed by atoms with E-state index in [-0.39, 0.29) is 5.56 Å². The van der Waals surface area contributed by atoms with Crippen molar-refractivity contribution in [3.05, 3.63) is 110 Å². The maximum Gasteiger partial charge on any atom is 0.256 e. The molecule has 0 saturated heterocycles. The molecule has 5 heteroatoms. The van der Waals surface area contributed by atoms with Gasteiger partial charge in [-0.3, -0.25) is 4.79 Å². The third-order valence-electron chi connectivity index (χ3n) is 5.26. The molecule has 5 rings (SSSR count). The van der Waals surface area contributed by atoms with Gasteiger partial charge < -0.3 is 9.97 Å². The number of hydrogen-bond acceptors (Lipinski definition) is 2. The Labute approximate surface area is 192 Å². The summed E-state index contributed by atoms with van der Waals surface area (Å²) in [7, 11) is 0. The zero-order chi connectivity index (χ0) is 21.4. The van der Waals surface area contributed by atoms with E-state index in [4.69, 9.17) is 12.2 Å². The SMILES string of the molecule is O=c1[nH]c2ccc(Br)cc2c(-c2ccccc2)c1-c1cc(-c2ccccc2)[nH]c(=S)c1. The van der Waals surface area contributed by atoms with Crippen LogP contribution in [0.5, 0.6) is 0 Å². The second kappa shape index (κ2) is 8.10. The summed E-state index contributed by atoms with van der Waals surface area (Å²) in [5, 5.41) is 0.968. The molecule has 2 aromatic heterocycles. The molecule has 0 amide bonds. The first kappa shape index (κ1) is 19.7. The van der Waals surface area contributed by atoms with Crippen molar-refractivity contribution in [2.45, 2.75) is 0 Å². The fourth-order valence-corrected chi connectivity index (χ4v) is 4.50. The lowest BCUT2D eigenvalue weighted by Crippen LogP contribution is -2.11. The van der Waals surface area contributed by atoms with Gasteiger partial charge in [0.15, 0.2) is 0 Å². The zero-order valence-electron chi connectivity index (χ0n) is 16.4. The van der Waals surface area contributed by atoms with E-state index in [1.54, 1.807) is 0 Å². The summed E-state index contributed by atoms with van der Waals surface area (Å²) in [4.78, 5) is 19.7. The molecular weight excluding hydrogens is 468 g/mol. The number of halogens is 1. The second-order valence-corrected chi connectivity index (χ2v) is 8.63. The third kappa shape index (κ3) is 3.78. The number of hydrogen-bond donors (Lipinski definition) is 2. The van der Waals surface area contributed by atoms with E-state index in [1.807, 2.05) is 91.0 Å². The molecule has 5 aromatic rings. The van der Waals surface area contributed by atoms with Crippen LogP contribution in [0.4, 0.5) is 0 Å². The van der Waals surface area contributed by atoms with Gasteiger partial charge in [0.2, 0.25) is 0 Å². The Balaban J connectivity index is 1.88. The van der Waals surface area contributed by atoms with Crippen molar-refractivity contribution in [1.82, 2.24) is 9.97 Å². The molecule has 2 N–H and O–H groups in total. The minimum atomic E-state index is -0.145. The average molecular weight is 485 g/mol. The molecule has 0 aliphatic heterocycles. The van der Waals surface area contributed by atoms with Gasteiger partial charge in [-0.15, -0.1) is 0 Å². The van der Waals surface area contributed by atoms with Crippen LogP contribution in [0.25, 0.3) is 44.4 Å². The van der Waals surface area contributed by atoms with Crippen LogP contribution in [0.1, 0.15) is 0 Å². The number of nitrogens with one attached hydrogen (secondary N) is 2. The first-order chi connectivity index (χ1) is 15.1. The van der Waals surface area contributed by atoms with Crippen LogP contribution >= 0.6 is 28.1 Å². The Morgan fingerprint density at radius 2 is 1.35 bits per heavy atom. The Kier molecular flexibility index (Phi) is 5.14. The van der Waals surface area contributed by atoms with Crippen molar-refractivity contribution >= 4 is 39.1 Å². The summed E-state index contributed by atoms with van der Waals surface area (Å²) in [6, 6.07) is 29.7. The van der Waals surface area contributed by atoms with Crippen molar-refractivity contribution in [1.29, 1.82) is 0 Å². The molecule has 3 nitrogen and oxygen atoms in total. The molecule has 0 saturated carbocycles. The van der Waals surface area contributed by atoms with Crippen molar-refractivity contribution in [2.24, 2.45) is 0 Å². The molecule has 0 atom stereocenters. The van der Waals surface area contributed by atoms with E-state index >= 15 is 0 Å². The fourth-order valence-electron chi connectivity index (χ4n) is 3.91. The summed E-state index contributed by atoms with van der Waals surface area (Å²) < 4.78 is 1.52. The summed E-state index contributed by atoms with van der Waals surface area (Å²) in [6.07, 6.45) is 0. The highest BCUT2D eigenvalue weighted by Crippen LogP contribution is 2.37. The van der Waals surface area contributed by atoms with Gasteiger partial charge in [0.1, 0.15) is 4.64 Å². The van der Waals surface area contributed by atoms with Crippen LogP contribution in [-0.4, -0.2) is 9.97 Å². The minimum Gasteiger partial charge on any atom is -0.346 e. The molecule has 0 bridgehead atoms. The number of fused-ring (bicyclic) bond motifs is 1. The van der Waals surface area contributed by atoms with Gasteiger partial charge in [0.25, 0.3) is 5.56 Å².